The zero-order valence-electron chi connectivity index (χ0n) is 9.85. The summed E-state index contributed by atoms with van der Waals surface area (Å²) in [6.45, 7) is 2.14. The van der Waals surface area contributed by atoms with Crippen LogP contribution >= 0.6 is 11.3 Å². The van der Waals surface area contributed by atoms with E-state index in [2.05, 4.69) is 15.2 Å². The van der Waals surface area contributed by atoms with E-state index in [1.807, 2.05) is 12.1 Å². The normalized spacial score (nSPS) is 16.7. The molecule has 3 N–H and O–H groups in total. The van der Waals surface area contributed by atoms with Crippen molar-refractivity contribution in [2.45, 2.75) is 6.42 Å². The Labute approximate surface area is 109 Å². The highest BCUT2D eigenvalue weighted by molar-refractivity contribution is 7.16. The van der Waals surface area contributed by atoms with Gasteiger partial charge < -0.3 is 16.0 Å². The van der Waals surface area contributed by atoms with Crippen LogP contribution in [0.2, 0.25) is 0 Å². The summed E-state index contributed by atoms with van der Waals surface area (Å²) in [4.78, 5) is 17.8. The number of thiazole rings is 1. The number of fused-ring (bicyclic) bond motifs is 1. The van der Waals surface area contributed by atoms with Crippen molar-refractivity contribution in [2.75, 3.05) is 30.3 Å². The Kier molecular flexibility index (Phi) is 2.79. The Morgan fingerprint density at radius 1 is 1.39 bits per heavy atom. The van der Waals surface area contributed by atoms with Gasteiger partial charge in [0.1, 0.15) is 5.52 Å². The molecule has 0 atom stereocenters. The van der Waals surface area contributed by atoms with E-state index in [1.165, 1.54) is 0 Å². The van der Waals surface area contributed by atoms with Gasteiger partial charge in [0.25, 0.3) is 0 Å². The lowest BCUT2D eigenvalue weighted by Gasteiger charge is -2.23. The first kappa shape index (κ1) is 11.3. The van der Waals surface area contributed by atoms with E-state index < -0.39 is 0 Å². The number of carbonyl (C=O) groups is 1. The van der Waals surface area contributed by atoms with E-state index in [0.717, 1.165) is 22.4 Å². The fraction of sp³-hybridized carbons (Fsp3) is 0.333. The largest absolute Gasteiger partial charge is 0.395 e. The molecule has 1 saturated heterocycles. The van der Waals surface area contributed by atoms with Crippen molar-refractivity contribution in [3.8, 4) is 0 Å². The Balaban J connectivity index is 1.97. The third-order valence-electron chi connectivity index (χ3n) is 3.17. The van der Waals surface area contributed by atoms with Gasteiger partial charge in [0.2, 0.25) is 5.91 Å². The maximum Gasteiger partial charge on any atom is 0.221 e. The SMILES string of the molecule is Nc1c(N2CCNC(=O)CC2)ccc2scnc12. The average Bonchev–Trinajstić information content (AvgIpc) is 2.74. The van der Waals surface area contributed by atoms with Gasteiger partial charge in [0, 0.05) is 26.1 Å². The molecule has 1 aliphatic rings. The quantitative estimate of drug-likeness (QED) is 0.758. The van der Waals surface area contributed by atoms with Gasteiger partial charge in [0.15, 0.2) is 0 Å². The Bertz CT molecular complexity index is 595. The summed E-state index contributed by atoms with van der Waals surface area (Å²) >= 11 is 1.59. The number of nitrogens with two attached hydrogens (primary N) is 1. The maximum absolute atomic E-state index is 11.3. The van der Waals surface area contributed by atoms with Gasteiger partial charge in [-0.2, -0.15) is 0 Å². The molecule has 2 aromatic rings. The molecular formula is C12H14N4OS. The number of hydrogen-bond donors (Lipinski definition) is 2. The van der Waals surface area contributed by atoms with Crippen LogP contribution in [0.5, 0.6) is 0 Å². The lowest BCUT2D eigenvalue weighted by Crippen LogP contribution is -2.28. The third-order valence-corrected chi connectivity index (χ3v) is 3.97. The van der Waals surface area contributed by atoms with Crippen LogP contribution in [0.4, 0.5) is 11.4 Å². The van der Waals surface area contributed by atoms with Gasteiger partial charge in [-0.25, -0.2) is 4.98 Å². The standard InChI is InChI=1S/C12H14N4OS/c13-11-8(1-2-9-12(11)15-7-18-9)16-5-3-10(17)14-4-6-16/h1-2,7H,3-6,13H2,(H,14,17). The minimum Gasteiger partial charge on any atom is -0.395 e. The summed E-state index contributed by atoms with van der Waals surface area (Å²) in [6.07, 6.45) is 0.508. The number of nitrogens with one attached hydrogen (secondary N) is 1. The van der Waals surface area contributed by atoms with Gasteiger partial charge in [-0.05, 0) is 12.1 Å². The van der Waals surface area contributed by atoms with Crippen molar-refractivity contribution < 1.29 is 4.79 Å². The number of aromatic nitrogens is 1. The first-order chi connectivity index (χ1) is 8.75. The summed E-state index contributed by atoms with van der Waals surface area (Å²) in [7, 11) is 0. The van der Waals surface area contributed by atoms with Crippen molar-refractivity contribution in [1.82, 2.24) is 10.3 Å². The molecule has 0 bridgehead atoms. The summed E-state index contributed by atoms with van der Waals surface area (Å²) in [5.74, 6) is 0.103. The molecule has 0 unspecified atom stereocenters. The Hall–Kier alpha value is -1.82. The fourth-order valence-electron chi connectivity index (χ4n) is 2.23. The summed E-state index contributed by atoms with van der Waals surface area (Å²) in [6, 6.07) is 4.06. The van der Waals surface area contributed by atoms with Gasteiger partial charge in [0.05, 0.1) is 21.6 Å². The van der Waals surface area contributed by atoms with Crippen LogP contribution in [0.3, 0.4) is 0 Å². The van der Waals surface area contributed by atoms with Crippen molar-refractivity contribution in [2.24, 2.45) is 0 Å². The number of amides is 1. The molecule has 1 aromatic heterocycles. The van der Waals surface area contributed by atoms with E-state index in [-0.39, 0.29) is 5.91 Å². The van der Waals surface area contributed by atoms with Crippen LogP contribution < -0.4 is 16.0 Å². The smallest absolute Gasteiger partial charge is 0.221 e. The first-order valence-electron chi connectivity index (χ1n) is 5.89. The Morgan fingerprint density at radius 3 is 3.17 bits per heavy atom. The number of nitrogens with zero attached hydrogens (tertiary/aromatic N) is 2. The number of carbonyl (C=O) groups excluding carboxylic acids is 1. The van der Waals surface area contributed by atoms with Crippen molar-refractivity contribution >= 4 is 38.8 Å². The number of benzene rings is 1. The van der Waals surface area contributed by atoms with E-state index in [1.54, 1.807) is 16.8 Å². The minimum absolute atomic E-state index is 0.103. The zero-order valence-corrected chi connectivity index (χ0v) is 10.7. The molecule has 0 radical (unpaired) electrons. The van der Waals surface area contributed by atoms with Crippen molar-refractivity contribution in [3.05, 3.63) is 17.6 Å². The highest BCUT2D eigenvalue weighted by Gasteiger charge is 2.17. The van der Waals surface area contributed by atoms with Crippen LogP contribution in [-0.2, 0) is 4.79 Å². The lowest BCUT2D eigenvalue weighted by molar-refractivity contribution is -0.120. The van der Waals surface area contributed by atoms with Gasteiger partial charge >= 0.3 is 0 Å². The molecule has 1 aliphatic heterocycles. The zero-order chi connectivity index (χ0) is 12.5. The van der Waals surface area contributed by atoms with Crippen LogP contribution in [0.1, 0.15) is 6.42 Å². The average molecular weight is 262 g/mol. The Morgan fingerprint density at radius 2 is 2.28 bits per heavy atom. The second-order valence-corrected chi connectivity index (χ2v) is 5.17. The molecule has 6 heteroatoms. The predicted molar refractivity (Wildman–Crippen MR) is 73.9 cm³/mol. The molecule has 1 amide bonds. The van der Waals surface area contributed by atoms with Gasteiger partial charge in [-0.15, -0.1) is 11.3 Å². The lowest BCUT2D eigenvalue weighted by atomic mass is 10.2. The van der Waals surface area contributed by atoms with E-state index >= 15 is 0 Å². The molecule has 0 aliphatic carbocycles. The summed E-state index contributed by atoms with van der Waals surface area (Å²) in [5, 5.41) is 2.86. The molecule has 5 nitrogen and oxygen atoms in total. The second kappa shape index (κ2) is 4.45. The molecule has 94 valence electrons. The van der Waals surface area contributed by atoms with Gasteiger partial charge in [-0.1, -0.05) is 0 Å². The van der Waals surface area contributed by atoms with Gasteiger partial charge in [-0.3, -0.25) is 4.79 Å². The molecule has 0 spiro atoms. The number of anilines is 2. The summed E-state index contributed by atoms with van der Waals surface area (Å²) in [5.41, 5.74) is 10.5. The summed E-state index contributed by atoms with van der Waals surface area (Å²) < 4.78 is 1.10. The number of rotatable bonds is 1. The minimum atomic E-state index is 0.103. The molecule has 2 heterocycles. The highest BCUT2D eigenvalue weighted by atomic mass is 32.1. The predicted octanol–water partition coefficient (Wildman–Crippen LogP) is 1.20. The molecule has 0 saturated carbocycles. The molecule has 1 fully saturated rings. The van der Waals surface area contributed by atoms with Crippen LogP contribution in [0, 0.1) is 0 Å². The fourth-order valence-corrected chi connectivity index (χ4v) is 2.92. The van der Waals surface area contributed by atoms with Crippen LogP contribution in [-0.4, -0.2) is 30.5 Å². The highest BCUT2D eigenvalue weighted by Crippen LogP contribution is 2.32. The molecular weight excluding hydrogens is 248 g/mol. The maximum atomic E-state index is 11.3. The third kappa shape index (κ3) is 1.88. The molecule has 1 aromatic carbocycles. The van der Waals surface area contributed by atoms with Crippen molar-refractivity contribution in [1.29, 1.82) is 0 Å². The topological polar surface area (TPSA) is 71.2 Å². The van der Waals surface area contributed by atoms with E-state index in [0.29, 0.717) is 25.2 Å². The van der Waals surface area contributed by atoms with E-state index in [4.69, 9.17) is 5.73 Å². The molecule has 3 rings (SSSR count). The number of nitrogen functional groups attached to an aromatic ring is 1. The number of hydrogen-bond acceptors (Lipinski definition) is 5. The van der Waals surface area contributed by atoms with Crippen LogP contribution in [0.25, 0.3) is 10.2 Å². The van der Waals surface area contributed by atoms with E-state index in [9.17, 15) is 4.79 Å². The first-order valence-corrected chi connectivity index (χ1v) is 6.77. The second-order valence-electron chi connectivity index (χ2n) is 4.28. The van der Waals surface area contributed by atoms with Crippen molar-refractivity contribution in [3.63, 3.8) is 0 Å². The monoisotopic (exact) mass is 262 g/mol. The molecule has 18 heavy (non-hydrogen) atoms. The van der Waals surface area contributed by atoms with Crippen LogP contribution in [0.15, 0.2) is 17.6 Å².